The molecule has 2 N–H and O–H groups in total. The summed E-state index contributed by atoms with van der Waals surface area (Å²) in [5.74, 6) is 0.370. The Bertz CT molecular complexity index is 964. The molecule has 2 aromatic carbocycles. The van der Waals surface area contributed by atoms with E-state index in [4.69, 9.17) is 0 Å². The highest BCUT2D eigenvalue weighted by Gasteiger charge is 2.22. The topological polar surface area (TPSA) is 71.1 Å². The van der Waals surface area contributed by atoms with E-state index < -0.39 is 5.25 Å². The van der Waals surface area contributed by atoms with Gasteiger partial charge in [-0.15, -0.1) is 11.8 Å². The normalized spacial score (nSPS) is 11.5. The van der Waals surface area contributed by atoms with Crippen molar-refractivity contribution in [3.63, 3.8) is 0 Å². The van der Waals surface area contributed by atoms with E-state index in [2.05, 4.69) is 22.5 Å². The molecule has 2 amide bonds. The van der Waals surface area contributed by atoms with Gasteiger partial charge in [-0.25, -0.2) is 4.98 Å². The largest absolute Gasteiger partial charge is 0.326 e. The molecular weight excluding hydrogens is 394 g/mol. The first-order chi connectivity index (χ1) is 14.7. The van der Waals surface area contributed by atoms with Gasteiger partial charge in [0.25, 0.3) is 0 Å². The average Bonchev–Trinajstić information content (AvgIpc) is 2.77. The van der Waals surface area contributed by atoms with Gasteiger partial charge in [-0.05, 0) is 42.3 Å². The number of rotatable bonds is 9. The highest BCUT2D eigenvalue weighted by atomic mass is 32.2. The van der Waals surface area contributed by atoms with Crippen LogP contribution in [0.1, 0.15) is 37.0 Å². The summed E-state index contributed by atoms with van der Waals surface area (Å²) in [6.45, 7) is 2.06. The number of anilines is 2. The van der Waals surface area contributed by atoms with Crippen molar-refractivity contribution >= 4 is 35.1 Å². The summed E-state index contributed by atoms with van der Waals surface area (Å²) in [6.07, 6.45) is 4.00. The number of nitrogens with zero attached hydrogens (tertiary/aromatic N) is 1. The Morgan fingerprint density at radius 3 is 2.50 bits per heavy atom. The van der Waals surface area contributed by atoms with Crippen LogP contribution < -0.4 is 10.6 Å². The number of hydrogen-bond donors (Lipinski definition) is 2. The molecule has 0 aliphatic rings. The van der Waals surface area contributed by atoms with Crippen LogP contribution in [-0.2, 0) is 9.59 Å². The fourth-order valence-corrected chi connectivity index (χ4v) is 3.96. The highest BCUT2D eigenvalue weighted by Crippen LogP contribution is 2.37. The molecule has 0 aliphatic heterocycles. The molecule has 5 nitrogen and oxygen atoms in total. The van der Waals surface area contributed by atoms with Crippen LogP contribution >= 0.6 is 11.8 Å². The van der Waals surface area contributed by atoms with E-state index in [1.54, 1.807) is 18.3 Å². The minimum absolute atomic E-state index is 0.00602. The number of aromatic nitrogens is 1. The summed E-state index contributed by atoms with van der Waals surface area (Å²) in [4.78, 5) is 30.2. The molecule has 154 valence electrons. The predicted octanol–water partition coefficient (Wildman–Crippen LogP) is 5.68. The molecule has 0 radical (unpaired) electrons. The third kappa shape index (κ3) is 6.46. The van der Waals surface area contributed by atoms with Crippen LogP contribution in [0.5, 0.6) is 0 Å². The Labute approximate surface area is 181 Å². The van der Waals surface area contributed by atoms with Gasteiger partial charge in [-0.1, -0.05) is 55.8 Å². The van der Waals surface area contributed by atoms with E-state index in [0.29, 0.717) is 12.2 Å². The Hall–Kier alpha value is -3.12. The van der Waals surface area contributed by atoms with Crippen LogP contribution in [0.2, 0.25) is 0 Å². The van der Waals surface area contributed by atoms with Crippen molar-refractivity contribution in [2.24, 2.45) is 0 Å². The number of carbonyl (C=O) groups is 2. The first kappa shape index (κ1) is 21.6. The standard InChI is InChI=1S/C24H25N3O2S/c1-2-3-15-22(28)26-19-12-9-13-20(17-19)30-23(18-10-5-4-6-11-18)24(29)27-21-14-7-8-16-25-21/h4-14,16-17,23H,2-3,15H2,1H3,(H,26,28)(H,25,27,29). The molecule has 1 unspecified atom stereocenters. The summed E-state index contributed by atoms with van der Waals surface area (Å²) >= 11 is 1.44. The monoisotopic (exact) mass is 419 g/mol. The fourth-order valence-electron chi connectivity index (χ4n) is 2.87. The number of benzene rings is 2. The second-order valence-electron chi connectivity index (χ2n) is 6.79. The maximum Gasteiger partial charge on any atom is 0.243 e. The lowest BCUT2D eigenvalue weighted by Gasteiger charge is -2.17. The van der Waals surface area contributed by atoms with Gasteiger partial charge in [-0.3, -0.25) is 9.59 Å². The van der Waals surface area contributed by atoms with E-state index >= 15 is 0 Å². The minimum Gasteiger partial charge on any atom is -0.326 e. The van der Waals surface area contributed by atoms with Crippen molar-refractivity contribution in [3.05, 3.63) is 84.6 Å². The Balaban J connectivity index is 1.77. The van der Waals surface area contributed by atoms with Gasteiger partial charge >= 0.3 is 0 Å². The second-order valence-corrected chi connectivity index (χ2v) is 7.97. The molecule has 0 saturated carbocycles. The van der Waals surface area contributed by atoms with Crippen LogP contribution in [0.25, 0.3) is 0 Å². The Morgan fingerprint density at radius 1 is 0.967 bits per heavy atom. The zero-order valence-electron chi connectivity index (χ0n) is 16.9. The van der Waals surface area contributed by atoms with Crippen molar-refractivity contribution in [1.29, 1.82) is 0 Å². The SMILES string of the molecule is CCCCC(=O)Nc1cccc(SC(C(=O)Nc2ccccn2)c2ccccc2)c1. The maximum absolute atomic E-state index is 13.1. The molecule has 3 aromatic rings. The highest BCUT2D eigenvalue weighted by molar-refractivity contribution is 8.00. The first-order valence-corrected chi connectivity index (χ1v) is 10.9. The van der Waals surface area contributed by atoms with Crippen LogP contribution in [0, 0.1) is 0 Å². The molecule has 0 fully saturated rings. The zero-order chi connectivity index (χ0) is 21.2. The van der Waals surface area contributed by atoms with Crippen LogP contribution in [0.15, 0.2) is 83.9 Å². The van der Waals surface area contributed by atoms with Crippen molar-refractivity contribution < 1.29 is 9.59 Å². The van der Waals surface area contributed by atoms with E-state index in [1.807, 2.05) is 60.7 Å². The fraction of sp³-hybridized carbons (Fsp3) is 0.208. The van der Waals surface area contributed by atoms with Crippen molar-refractivity contribution in [2.45, 2.75) is 36.3 Å². The van der Waals surface area contributed by atoms with E-state index in [-0.39, 0.29) is 11.8 Å². The van der Waals surface area contributed by atoms with Crippen molar-refractivity contribution in [1.82, 2.24) is 4.98 Å². The van der Waals surface area contributed by atoms with Crippen LogP contribution in [-0.4, -0.2) is 16.8 Å². The molecule has 0 spiro atoms. The van der Waals surface area contributed by atoms with Crippen molar-refractivity contribution in [3.8, 4) is 0 Å². The van der Waals surface area contributed by atoms with Gasteiger partial charge < -0.3 is 10.6 Å². The number of nitrogens with one attached hydrogen (secondary N) is 2. The Kier molecular flexibility index (Phi) is 8.03. The molecule has 1 aromatic heterocycles. The van der Waals surface area contributed by atoms with Crippen molar-refractivity contribution in [2.75, 3.05) is 10.6 Å². The smallest absolute Gasteiger partial charge is 0.243 e. The minimum atomic E-state index is -0.459. The molecule has 3 rings (SSSR count). The van der Waals surface area contributed by atoms with Gasteiger partial charge in [0.05, 0.1) is 0 Å². The summed E-state index contributed by atoms with van der Waals surface area (Å²) in [5.41, 5.74) is 1.63. The lowest BCUT2D eigenvalue weighted by atomic mass is 10.1. The summed E-state index contributed by atoms with van der Waals surface area (Å²) in [7, 11) is 0. The van der Waals surface area contributed by atoms with Gasteiger partial charge in [0.15, 0.2) is 0 Å². The molecule has 30 heavy (non-hydrogen) atoms. The van der Waals surface area contributed by atoms with Gasteiger partial charge in [0.2, 0.25) is 11.8 Å². The molecule has 0 saturated heterocycles. The molecule has 1 heterocycles. The number of pyridine rings is 1. The van der Waals surface area contributed by atoms with Gasteiger partial charge in [0, 0.05) is 23.2 Å². The number of carbonyl (C=O) groups excluding carboxylic acids is 2. The molecule has 0 bridgehead atoms. The van der Waals surface area contributed by atoms with E-state index in [1.165, 1.54) is 11.8 Å². The summed E-state index contributed by atoms with van der Waals surface area (Å²) in [5, 5.41) is 5.37. The zero-order valence-corrected chi connectivity index (χ0v) is 17.7. The van der Waals surface area contributed by atoms with Crippen LogP contribution in [0.3, 0.4) is 0 Å². The maximum atomic E-state index is 13.1. The predicted molar refractivity (Wildman–Crippen MR) is 123 cm³/mol. The van der Waals surface area contributed by atoms with Gasteiger partial charge in [0.1, 0.15) is 11.1 Å². The summed E-state index contributed by atoms with van der Waals surface area (Å²) in [6, 6.07) is 22.6. The third-order valence-corrected chi connectivity index (χ3v) is 5.63. The average molecular weight is 420 g/mol. The van der Waals surface area contributed by atoms with E-state index in [9.17, 15) is 9.59 Å². The molecule has 1 atom stereocenters. The Morgan fingerprint density at radius 2 is 1.77 bits per heavy atom. The second kappa shape index (κ2) is 11.2. The van der Waals surface area contributed by atoms with Gasteiger partial charge in [-0.2, -0.15) is 0 Å². The summed E-state index contributed by atoms with van der Waals surface area (Å²) < 4.78 is 0. The quantitative estimate of drug-likeness (QED) is 0.438. The van der Waals surface area contributed by atoms with E-state index in [0.717, 1.165) is 29.0 Å². The first-order valence-electron chi connectivity index (χ1n) is 9.99. The third-order valence-electron chi connectivity index (χ3n) is 4.39. The molecule has 0 aliphatic carbocycles. The molecular formula is C24H25N3O2S. The van der Waals surface area contributed by atoms with Crippen LogP contribution in [0.4, 0.5) is 11.5 Å². The lowest BCUT2D eigenvalue weighted by molar-refractivity contribution is -0.116. The number of amides is 2. The number of unbranched alkanes of at least 4 members (excludes halogenated alkanes) is 1. The number of thioether (sulfide) groups is 1. The lowest BCUT2D eigenvalue weighted by Crippen LogP contribution is -2.19. The molecule has 6 heteroatoms. The number of hydrogen-bond acceptors (Lipinski definition) is 4.